The molecule has 1 aliphatic carbocycles. The molecular formula is C17H15ClN2. The third kappa shape index (κ3) is 1.76. The SMILES string of the molecule is Nc1[nH+]c2c(c3ccccc13)CCc1ccccc1-2.[Cl-]. The second-order valence-corrected chi connectivity index (χ2v) is 5.09. The first kappa shape index (κ1) is 12.9. The summed E-state index contributed by atoms with van der Waals surface area (Å²) in [5, 5.41) is 2.41. The molecule has 1 heterocycles. The number of aromatic nitrogens is 1. The maximum atomic E-state index is 6.18. The minimum atomic E-state index is 0. The topological polar surface area (TPSA) is 40.2 Å². The van der Waals surface area contributed by atoms with Crippen molar-refractivity contribution in [1.29, 1.82) is 0 Å². The molecule has 3 N–H and O–H groups in total. The summed E-state index contributed by atoms with van der Waals surface area (Å²) in [6, 6.07) is 17.0. The number of H-pyrrole nitrogens is 1. The van der Waals surface area contributed by atoms with E-state index in [1.807, 2.05) is 6.07 Å². The molecule has 0 amide bonds. The Kier molecular flexibility index (Phi) is 3.11. The molecule has 0 saturated carbocycles. The third-order valence-corrected chi connectivity index (χ3v) is 4.03. The highest BCUT2D eigenvalue weighted by molar-refractivity contribution is 5.95. The van der Waals surface area contributed by atoms with E-state index >= 15 is 0 Å². The molecule has 100 valence electrons. The van der Waals surface area contributed by atoms with Crippen molar-refractivity contribution in [3.05, 3.63) is 59.7 Å². The number of nitrogens with one attached hydrogen (secondary N) is 1. The Morgan fingerprint density at radius 3 is 2.40 bits per heavy atom. The van der Waals surface area contributed by atoms with Crippen LogP contribution in [-0.4, -0.2) is 0 Å². The Hall–Kier alpha value is -2.06. The molecule has 0 radical (unpaired) electrons. The van der Waals surface area contributed by atoms with Gasteiger partial charge < -0.3 is 12.4 Å². The van der Waals surface area contributed by atoms with E-state index in [2.05, 4.69) is 47.4 Å². The van der Waals surface area contributed by atoms with E-state index in [0.29, 0.717) is 0 Å². The largest absolute Gasteiger partial charge is 1.00 e. The van der Waals surface area contributed by atoms with E-state index < -0.39 is 0 Å². The van der Waals surface area contributed by atoms with Gasteiger partial charge in [0.1, 0.15) is 5.69 Å². The summed E-state index contributed by atoms with van der Waals surface area (Å²) >= 11 is 0. The number of aryl methyl sites for hydroxylation is 2. The van der Waals surface area contributed by atoms with Gasteiger partial charge in [-0.3, -0.25) is 5.73 Å². The van der Waals surface area contributed by atoms with Crippen molar-refractivity contribution in [2.75, 3.05) is 5.73 Å². The first-order valence-corrected chi connectivity index (χ1v) is 6.65. The monoisotopic (exact) mass is 282 g/mol. The number of anilines is 1. The van der Waals surface area contributed by atoms with Crippen molar-refractivity contribution in [3.8, 4) is 11.3 Å². The number of hydrogen-bond acceptors (Lipinski definition) is 1. The fourth-order valence-electron chi connectivity index (χ4n) is 3.12. The van der Waals surface area contributed by atoms with Gasteiger partial charge in [-0.1, -0.05) is 42.5 Å². The van der Waals surface area contributed by atoms with E-state index in [1.165, 1.54) is 27.8 Å². The van der Waals surface area contributed by atoms with Gasteiger partial charge in [0.2, 0.25) is 0 Å². The summed E-state index contributed by atoms with van der Waals surface area (Å²) in [5.41, 5.74) is 11.5. The van der Waals surface area contributed by atoms with Crippen molar-refractivity contribution < 1.29 is 17.4 Å². The molecule has 0 bridgehead atoms. The molecule has 0 atom stereocenters. The predicted molar refractivity (Wildman–Crippen MR) is 77.8 cm³/mol. The zero-order valence-electron chi connectivity index (χ0n) is 11.0. The van der Waals surface area contributed by atoms with Crippen molar-refractivity contribution in [2.24, 2.45) is 0 Å². The molecule has 2 aromatic carbocycles. The number of fused-ring (bicyclic) bond motifs is 5. The van der Waals surface area contributed by atoms with Crippen molar-refractivity contribution >= 4 is 16.6 Å². The van der Waals surface area contributed by atoms with E-state index in [0.717, 1.165) is 24.0 Å². The molecule has 0 unspecified atom stereocenters. The van der Waals surface area contributed by atoms with Gasteiger partial charge in [-0.15, -0.1) is 0 Å². The Morgan fingerprint density at radius 2 is 1.55 bits per heavy atom. The Balaban J connectivity index is 0.00000121. The predicted octanol–water partition coefficient (Wildman–Crippen LogP) is 0.00570. The minimum absolute atomic E-state index is 0. The molecule has 0 fully saturated rings. The molecule has 4 rings (SSSR count). The van der Waals surface area contributed by atoms with Crippen LogP contribution in [0.2, 0.25) is 0 Å². The lowest BCUT2D eigenvalue weighted by molar-refractivity contribution is -0.346. The van der Waals surface area contributed by atoms with Crippen molar-refractivity contribution in [3.63, 3.8) is 0 Å². The maximum absolute atomic E-state index is 6.18. The van der Waals surface area contributed by atoms with Gasteiger partial charge in [0.25, 0.3) is 5.82 Å². The molecule has 3 aromatic rings. The second kappa shape index (κ2) is 4.80. The molecule has 3 heteroatoms. The second-order valence-electron chi connectivity index (χ2n) is 5.09. The smallest absolute Gasteiger partial charge is 0.278 e. The molecule has 0 aliphatic heterocycles. The zero-order valence-corrected chi connectivity index (χ0v) is 11.7. The molecular weight excluding hydrogens is 268 g/mol. The van der Waals surface area contributed by atoms with Crippen LogP contribution in [0.25, 0.3) is 22.0 Å². The van der Waals surface area contributed by atoms with Gasteiger partial charge in [0.15, 0.2) is 0 Å². The average molecular weight is 283 g/mol. The highest BCUT2D eigenvalue weighted by atomic mass is 35.5. The van der Waals surface area contributed by atoms with Crippen molar-refractivity contribution in [2.45, 2.75) is 12.8 Å². The number of rotatable bonds is 0. The number of nitrogens with two attached hydrogens (primary N) is 1. The number of nitrogen functional groups attached to an aromatic ring is 1. The summed E-state index contributed by atoms with van der Waals surface area (Å²) in [7, 11) is 0. The number of aromatic amines is 1. The fourth-order valence-corrected chi connectivity index (χ4v) is 3.12. The highest BCUT2D eigenvalue weighted by Gasteiger charge is 2.22. The van der Waals surface area contributed by atoms with E-state index in [1.54, 1.807) is 0 Å². The first-order chi connectivity index (χ1) is 9.34. The summed E-state index contributed by atoms with van der Waals surface area (Å²) in [6.45, 7) is 0. The lowest BCUT2D eigenvalue weighted by Gasteiger charge is -2.19. The summed E-state index contributed by atoms with van der Waals surface area (Å²) < 4.78 is 0. The number of hydrogen-bond donors (Lipinski definition) is 1. The van der Waals surface area contributed by atoms with Gasteiger partial charge >= 0.3 is 0 Å². The van der Waals surface area contributed by atoms with Crippen LogP contribution < -0.4 is 23.1 Å². The summed E-state index contributed by atoms with van der Waals surface area (Å²) in [6.07, 6.45) is 2.18. The van der Waals surface area contributed by atoms with Crippen LogP contribution >= 0.6 is 0 Å². The van der Waals surface area contributed by atoms with Gasteiger partial charge in [0.05, 0.1) is 5.39 Å². The van der Waals surface area contributed by atoms with Gasteiger partial charge in [-0.2, -0.15) is 0 Å². The maximum Gasteiger partial charge on any atom is 0.278 e. The van der Waals surface area contributed by atoms with Crippen LogP contribution in [0, 0.1) is 0 Å². The molecule has 1 aromatic heterocycles. The highest BCUT2D eigenvalue weighted by Crippen LogP contribution is 2.35. The summed E-state index contributed by atoms with van der Waals surface area (Å²) in [4.78, 5) is 3.40. The fraction of sp³-hybridized carbons (Fsp3) is 0.118. The molecule has 1 aliphatic rings. The Labute approximate surface area is 124 Å². The van der Waals surface area contributed by atoms with Gasteiger partial charge in [-0.05, 0) is 29.9 Å². The van der Waals surface area contributed by atoms with E-state index in [9.17, 15) is 0 Å². The standard InChI is InChI=1S/C17H14N2.ClH/c18-17-15-8-4-3-7-13(15)14-10-9-11-5-1-2-6-12(11)16(14)19-17;/h1-8H,9-10H2,(H2,18,19);1H. The van der Waals surface area contributed by atoms with Crippen LogP contribution in [0.3, 0.4) is 0 Å². The lowest BCUT2D eigenvalue weighted by Crippen LogP contribution is -3.00. The lowest BCUT2D eigenvalue weighted by atomic mass is 9.86. The number of halogens is 1. The molecule has 20 heavy (non-hydrogen) atoms. The van der Waals surface area contributed by atoms with Crippen LogP contribution in [0.4, 0.5) is 5.82 Å². The quantitative estimate of drug-likeness (QED) is 0.620. The van der Waals surface area contributed by atoms with Crippen LogP contribution in [0.5, 0.6) is 0 Å². The normalized spacial score (nSPS) is 12.4. The summed E-state index contributed by atoms with van der Waals surface area (Å²) in [5.74, 6) is 0.756. The van der Waals surface area contributed by atoms with E-state index in [4.69, 9.17) is 5.73 Å². The van der Waals surface area contributed by atoms with Crippen LogP contribution in [0.15, 0.2) is 48.5 Å². The number of benzene rings is 2. The van der Waals surface area contributed by atoms with Crippen LogP contribution in [0.1, 0.15) is 11.1 Å². The Bertz CT molecular complexity index is 796. The molecule has 0 spiro atoms. The molecule has 0 saturated heterocycles. The van der Waals surface area contributed by atoms with Gasteiger partial charge in [-0.25, -0.2) is 4.98 Å². The zero-order chi connectivity index (χ0) is 12.8. The van der Waals surface area contributed by atoms with E-state index in [-0.39, 0.29) is 12.4 Å². The van der Waals surface area contributed by atoms with Crippen LogP contribution in [-0.2, 0) is 12.8 Å². The first-order valence-electron chi connectivity index (χ1n) is 6.65. The average Bonchev–Trinajstić information content (AvgIpc) is 2.47. The Morgan fingerprint density at radius 1 is 0.850 bits per heavy atom. The van der Waals surface area contributed by atoms with Crippen molar-refractivity contribution in [1.82, 2.24) is 0 Å². The number of pyridine rings is 1. The van der Waals surface area contributed by atoms with Gasteiger partial charge in [0, 0.05) is 11.1 Å². The third-order valence-electron chi connectivity index (χ3n) is 4.03. The minimum Gasteiger partial charge on any atom is -1.00 e. The molecule has 2 nitrogen and oxygen atoms in total.